The third-order valence-corrected chi connectivity index (χ3v) is 7.08. The number of fused-ring (bicyclic) bond motifs is 1. The molecule has 136 valence electrons. The number of hydrogen-bond acceptors (Lipinski definition) is 5. The molecule has 2 atom stereocenters. The van der Waals surface area contributed by atoms with Gasteiger partial charge in [-0.15, -0.1) is 0 Å². The van der Waals surface area contributed by atoms with Crippen molar-refractivity contribution in [2.75, 3.05) is 23.0 Å². The van der Waals surface area contributed by atoms with Crippen molar-refractivity contribution in [1.82, 2.24) is 4.98 Å². The lowest BCUT2D eigenvalue weighted by atomic mass is 10.0. The van der Waals surface area contributed by atoms with Crippen molar-refractivity contribution in [3.63, 3.8) is 0 Å². The summed E-state index contributed by atoms with van der Waals surface area (Å²) in [7, 11) is -3.11. The van der Waals surface area contributed by atoms with Crippen LogP contribution in [0, 0.1) is 25.7 Å². The smallest absolute Gasteiger partial charge is 0.243 e. The number of amides is 1. The van der Waals surface area contributed by atoms with E-state index in [9.17, 15) is 13.2 Å². The van der Waals surface area contributed by atoms with Crippen molar-refractivity contribution in [2.45, 2.75) is 13.8 Å². The Morgan fingerprint density at radius 3 is 2.73 bits per heavy atom. The number of nitrogens with zero attached hydrogens (tertiary/aromatic N) is 2. The zero-order chi connectivity index (χ0) is 18.5. The zero-order valence-electron chi connectivity index (χ0n) is 14.7. The number of hydrogen-bond donors (Lipinski definition) is 0. The number of aryl methyl sites for hydroxylation is 1. The van der Waals surface area contributed by atoms with Gasteiger partial charge in [0.2, 0.25) is 11.8 Å². The van der Waals surface area contributed by atoms with E-state index in [0.29, 0.717) is 23.9 Å². The van der Waals surface area contributed by atoms with Gasteiger partial charge < -0.3 is 9.64 Å². The first-order valence-corrected chi connectivity index (χ1v) is 10.4. The third kappa shape index (κ3) is 2.86. The van der Waals surface area contributed by atoms with Crippen molar-refractivity contribution < 1.29 is 17.9 Å². The van der Waals surface area contributed by atoms with Crippen LogP contribution in [0.5, 0.6) is 11.6 Å². The molecule has 4 rings (SSSR count). The average Bonchev–Trinajstić information content (AvgIpc) is 3.05. The minimum Gasteiger partial charge on any atom is -0.437 e. The highest BCUT2D eigenvalue weighted by molar-refractivity contribution is 7.91. The van der Waals surface area contributed by atoms with Gasteiger partial charge >= 0.3 is 0 Å². The number of ether oxygens (including phenoxy) is 1. The Morgan fingerprint density at radius 1 is 1.15 bits per heavy atom. The molecule has 0 N–H and O–H groups in total. The van der Waals surface area contributed by atoms with E-state index in [2.05, 4.69) is 4.98 Å². The van der Waals surface area contributed by atoms with E-state index >= 15 is 0 Å². The highest BCUT2D eigenvalue weighted by Crippen LogP contribution is 2.40. The minimum atomic E-state index is -3.11. The molecule has 2 saturated heterocycles. The molecule has 7 heteroatoms. The molecule has 0 saturated carbocycles. The highest BCUT2D eigenvalue weighted by atomic mass is 32.2. The molecule has 0 aliphatic carbocycles. The largest absolute Gasteiger partial charge is 0.437 e. The molecule has 2 aliphatic rings. The summed E-state index contributed by atoms with van der Waals surface area (Å²) in [5.74, 6) is 0.315. The molecule has 1 amide bonds. The molecule has 1 aromatic carbocycles. The van der Waals surface area contributed by atoms with Gasteiger partial charge in [0.15, 0.2) is 9.84 Å². The molecule has 26 heavy (non-hydrogen) atoms. The summed E-state index contributed by atoms with van der Waals surface area (Å²) in [6.07, 6.45) is 1.62. The molecule has 0 spiro atoms. The monoisotopic (exact) mass is 372 g/mol. The van der Waals surface area contributed by atoms with Gasteiger partial charge in [-0.05, 0) is 43.2 Å². The van der Waals surface area contributed by atoms with Gasteiger partial charge in [-0.25, -0.2) is 13.4 Å². The molecule has 0 bridgehead atoms. The van der Waals surface area contributed by atoms with Crippen molar-refractivity contribution >= 4 is 21.4 Å². The van der Waals surface area contributed by atoms with Crippen LogP contribution >= 0.6 is 0 Å². The second kappa shape index (κ2) is 6.09. The first kappa shape index (κ1) is 17.0. The maximum atomic E-state index is 12.8. The maximum Gasteiger partial charge on any atom is 0.243 e. The molecular weight excluding hydrogens is 352 g/mol. The quantitative estimate of drug-likeness (QED) is 0.827. The lowest BCUT2D eigenvalue weighted by Crippen LogP contribution is -2.30. The number of benzene rings is 1. The summed E-state index contributed by atoms with van der Waals surface area (Å²) in [4.78, 5) is 18.7. The van der Waals surface area contributed by atoms with Gasteiger partial charge in [0, 0.05) is 18.7 Å². The Labute approximate surface area is 152 Å². The number of carbonyl (C=O) groups excluding carboxylic acids is 1. The fourth-order valence-electron chi connectivity index (χ4n) is 3.72. The predicted octanol–water partition coefficient (Wildman–Crippen LogP) is 2.50. The van der Waals surface area contributed by atoms with Crippen LogP contribution in [0.1, 0.15) is 11.1 Å². The second-order valence-electron chi connectivity index (χ2n) is 7.02. The Morgan fingerprint density at radius 2 is 1.96 bits per heavy atom. The van der Waals surface area contributed by atoms with E-state index in [1.165, 1.54) is 0 Å². The van der Waals surface area contributed by atoms with Crippen LogP contribution in [0.25, 0.3) is 0 Å². The molecule has 6 nitrogen and oxygen atoms in total. The standard InChI is InChI=1S/C19H20N2O4S/c1-12-5-3-7-17(13(12)2)25-18-16(6-4-8-20-18)21-9-14-10-26(23,24)11-15(14)19(21)22/h3-8,14-15H,9-11H2,1-2H3/t14-,15-/m1/s1. The summed E-state index contributed by atoms with van der Waals surface area (Å²) >= 11 is 0. The average molecular weight is 372 g/mol. The van der Waals surface area contributed by atoms with Crippen molar-refractivity contribution in [3.05, 3.63) is 47.7 Å². The van der Waals surface area contributed by atoms with Gasteiger partial charge in [-0.2, -0.15) is 0 Å². The van der Waals surface area contributed by atoms with Gasteiger partial charge in [0.05, 0.1) is 17.4 Å². The SMILES string of the molecule is Cc1cccc(Oc2ncccc2N2C[C@@H]3CS(=O)(=O)C[C@H]3C2=O)c1C. The molecule has 2 aliphatic heterocycles. The van der Waals surface area contributed by atoms with Crippen LogP contribution in [-0.4, -0.2) is 37.4 Å². The van der Waals surface area contributed by atoms with Gasteiger partial charge in [0.1, 0.15) is 11.4 Å². The maximum absolute atomic E-state index is 12.8. The number of carbonyl (C=O) groups is 1. The molecule has 3 heterocycles. The Bertz CT molecular complexity index is 987. The Hall–Kier alpha value is -2.41. The van der Waals surface area contributed by atoms with Crippen molar-refractivity contribution in [2.24, 2.45) is 11.8 Å². The van der Waals surface area contributed by atoms with E-state index in [4.69, 9.17) is 4.74 Å². The van der Waals surface area contributed by atoms with Gasteiger partial charge in [-0.1, -0.05) is 12.1 Å². The van der Waals surface area contributed by atoms with Crippen LogP contribution in [0.4, 0.5) is 5.69 Å². The molecule has 0 unspecified atom stereocenters. The van der Waals surface area contributed by atoms with E-state index in [-0.39, 0.29) is 23.3 Å². The van der Waals surface area contributed by atoms with Crippen LogP contribution in [-0.2, 0) is 14.6 Å². The van der Waals surface area contributed by atoms with Crippen molar-refractivity contribution in [1.29, 1.82) is 0 Å². The first-order chi connectivity index (χ1) is 12.4. The molecule has 2 aromatic rings. The Kier molecular flexibility index (Phi) is 3.99. The zero-order valence-corrected chi connectivity index (χ0v) is 15.5. The summed E-state index contributed by atoms with van der Waals surface area (Å²) in [6.45, 7) is 4.37. The normalized spacial score (nSPS) is 23.9. The summed E-state index contributed by atoms with van der Waals surface area (Å²) in [6, 6.07) is 9.34. The lowest BCUT2D eigenvalue weighted by Gasteiger charge is -2.20. The van der Waals surface area contributed by atoms with Gasteiger partial charge in [-0.3, -0.25) is 4.79 Å². The first-order valence-electron chi connectivity index (χ1n) is 8.56. The van der Waals surface area contributed by atoms with Crippen molar-refractivity contribution in [3.8, 4) is 11.6 Å². The highest BCUT2D eigenvalue weighted by Gasteiger charge is 2.50. The molecule has 2 fully saturated rings. The number of anilines is 1. The molecule has 0 radical (unpaired) electrons. The fourth-order valence-corrected chi connectivity index (χ4v) is 5.81. The van der Waals surface area contributed by atoms with Crippen LogP contribution in [0.3, 0.4) is 0 Å². The molecule has 1 aromatic heterocycles. The van der Waals surface area contributed by atoms with E-state index in [1.54, 1.807) is 23.2 Å². The van der Waals surface area contributed by atoms with Crippen LogP contribution < -0.4 is 9.64 Å². The number of pyridine rings is 1. The van der Waals surface area contributed by atoms with E-state index in [1.807, 2.05) is 32.0 Å². The summed E-state index contributed by atoms with van der Waals surface area (Å²) < 4.78 is 29.6. The topological polar surface area (TPSA) is 76.6 Å². The number of sulfone groups is 1. The summed E-state index contributed by atoms with van der Waals surface area (Å²) in [5.41, 5.74) is 2.71. The minimum absolute atomic E-state index is 0.0551. The predicted molar refractivity (Wildman–Crippen MR) is 98.2 cm³/mol. The molecular formula is C19H20N2O4S. The number of aromatic nitrogens is 1. The third-order valence-electron chi connectivity index (χ3n) is 5.27. The van der Waals surface area contributed by atoms with E-state index in [0.717, 1.165) is 11.1 Å². The Balaban J connectivity index is 1.65. The second-order valence-corrected chi connectivity index (χ2v) is 9.17. The summed E-state index contributed by atoms with van der Waals surface area (Å²) in [5, 5.41) is 0. The lowest BCUT2D eigenvalue weighted by molar-refractivity contribution is -0.120. The van der Waals surface area contributed by atoms with E-state index < -0.39 is 15.8 Å². The number of rotatable bonds is 3. The van der Waals surface area contributed by atoms with Crippen LogP contribution in [0.2, 0.25) is 0 Å². The fraction of sp³-hybridized carbons (Fsp3) is 0.368. The van der Waals surface area contributed by atoms with Gasteiger partial charge in [0.25, 0.3) is 0 Å². The van der Waals surface area contributed by atoms with Crippen LogP contribution in [0.15, 0.2) is 36.5 Å².